The first kappa shape index (κ1) is 14.5. The number of rotatable bonds is 6. The molecule has 0 aliphatic rings. The van der Waals surface area contributed by atoms with Gasteiger partial charge in [-0.1, -0.05) is 16.8 Å². The molecule has 0 saturated carbocycles. The molecular formula is C14H16ClN3O2. The number of hydrogen-bond acceptors (Lipinski definition) is 4. The van der Waals surface area contributed by atoms with Crippen LogP contribution in [0.2, 0.25) is 5.02 Å². The van der Waals surface area contributed by atoms with Crippen molar-refractivity contribution in [1.29, 1.82) is 0 Å². The third-order valence-electron chi connectivity index (χ3n) is 2.95. The second kappa shape index (κ2) is 6.05. The Labute approximate surface area is 122 Å². The summed E-state index contributed by atoms with van der Waals surface area (Å²) in [7, 11) is 0. The van der Waals surface area contributed by atoms with Crippen LogP contribution in [0.4, 0.5) is 0 Å². The van der Waals surface area contributed by atoms with Crippen LogP contribution in [0.1, 0.15) is 13.8 Å². The van der Waals surface area contributed by atoms with Crippen LogP contribution in [-0.2, 0) is 11.3 Å². The largest absolute Gasteiger partial charge is 0.493 e. The Morgan fingerprint density at radius 1 is 1.35 bits per heavy atom. The number of carbonyl (C=O) groups is 1. The second-order valence-electron chi connectivity index (χ2n) is 5.15. The Morgan fingerprint density at radius 3 is 2.65 bits per heavy atom. The highest BCUT2D eigenvalue weighted by Gasteiger charge is 2.28. The van der Waals surface area contributed by atoms with Crippen LogP contribution in [0, 0.1) is 5.41 Å². The first-order valence-corrected chi connectivity index (χ1v) is 6.61. The molecule has 0 spiro atoms. The molecule has 0 saturated heterocycles. The van der Waals surface area contributed by atoms with Crippen LogP contribution in [0.5, 0.6) is 5.75 Å². The Bertz CT molecular complexity index is 565. The van der Waals surface area contributed by atoms with Gasteiger partial charge in [0.05, 0.1) is 11.6 Å². The Hall–Kier alpha value is -1.88. The summed E-state index contributed by atoms with van der Waals surface area (Å²) in [5.41, 5.74) is -0.606. The van der Waals surface area contributed by atoms with Crippen molar-refractivity contribution in [2.24, 2.45) is 5.41 Å². The number of Topliss-reactive ketones (excluding diaryl/α,β-unsaturated/α-hetero) is 1. The molecule has 106 valence electrons. The summed E-state index contributed by atoms with van der Waals surface area (Å²) < 4.78 is 7.15. The van der Waals surface area contributed by atoms with Gasteiger partial charge in [-0.05, 0) is 38.1 Å². The minimum absolute atomic E-state index is 0.0389. The zero-order chi connectivity index (χ0) is 14.6. The number of hydrogen-bond donors (Lipinski definition) is 0. The van der Waals surface area contributed by atoms with Gasteiger partial charge in [0.25, 0.3) is 0 Å². The minimum Gasteiger partial charge on any atom is -0.493 e. The Morgan fingerprint density at radius 2 is 2.05 bits per heavy atom. The van der Waals surface area contributed by atoms with Gasteiger partial charge in [-0.25, -0.2) is 4.68 Å². The number of benzene rings is 1. The number of aromatic nitrogens is 3. The van der Waals surface area contributed by atoms with Crippen molar-refractivity contribution >= 4 is 17.4 Å². The smallest absolute Gasteiger partial charge is 0.163 e. The van der Waals surface area contributed by atoms with Crippen LogP contribution in [-0.4, -0.2) is 27.4 Å². The molecule has 0 N–H and O–H groups in total. The molecule has 1 aromatic carbocycles. The standard InChI is InChI=1S/C14H16ClN3O2/c1-14(2,13(19)9-18-8-7-16-17-18)10-20-12-5-3-11(15)4-6-12/h3-8H,9-10H2,1-2H3. The molecule has 5 nitrogen and oxygen atoms in total. The Balaban J connectivity index is 1.92. The van der Waals surface area contributed by atoms with Crippen molar-refractivity contribution in [2.75, 3.05) is 6.61 Å². The molecular weight excluding hydrogens is 278 g/mol. The van der Waals surface area contributed by atoms with Gasteiger partial charge in [-0.3, -0.25) is 4.79 Å². The third kappa shape index (κ3) is 3.81. The van der Waals surface area contributed by atoms with Gasteiger partial charge in [-0.15, -0.1) is 5.10 Å². The average molecular weight is 294 g/mol. The highest BCUT2D eigenvalue weighted by Crippen LogP contribution is 2.21. The fourth-order valence-corrected chi connectivity index (χ4v) is 1.68. The van der Waals surface area contributed by atoms with Crippen LogP contribution in [0.25, 0.3) is 0 Å². The molecule has 1 heterocycles. The Kier molecular flexibility index (Phi) is 4.39. The van der Waals surface area contributed by atoms with Crippen LogP contribution >= 0.6 is 11.6 Å². The molecule has 1 aromatic heterocycles. The summed E-state index contributed by atoms with van der Waals surface area (Å²) in [5.74, 6) is 0.730. The van der Waals surface area contributed by atoms with Gasteiger partial charge >= 0.3 is 0 Å². The van der Waals surface area contributed by atoms with E-state index >= 15 is 0 Å². The predicted octanol–water partition coefficient (Wildman–Crippen LogP) is 2.61. The zero-order valence-electron chi connectivity index (χ0n) is 11.4. The monoisotopic (exact) mass is 293 g/mol. The number of halogens is 1. The van der Waals surface area contributed by atoms with E-state index in [1.54, 1.807) is 36.7 Å². The maximum atomic E-state index is 12.2. The van der Waals surface area contributed by atoms with Crippen molar-refractivity contribution < 1.29 is 9.53 Å². The summed E-state index contributed by atoms with van der Waals surface area (Å²) in [6.07, 6.45) is 3.21. The van der Waals surface area contributed by atoms with Crippen molar-refractivity contribution in [1.82, 2.24) is 15.0 Å². The number of ketones is 1. The van der Waals surface area contributed by atoms with E-state index in [1.807, 2.05) is 13.8 Å². The first-order valence-electron chi connectivity index (χ1n) is 6.23. The first-order chi connectivity index (χ1) is 9.47. The number of carbonyl (C=O) groups excluding carboxylic acids is 1. The number of ether oxygens (including phenoxy) is 1. The quantitative estimate of drug-likeness (QED) is 0.821. The summed E-state index contributed by atoms with van der Waals surface area (Å²) >= 11 is 5.81. The van der Waals surface area contributed by atoms with Gasteiger partial charge in [0, 0.05) is 11.2 Å². The van der Waals surface area contributed by atoms with Gasteiger partial charge in [0.1, 0.15) is 18.9 Å². The summed E-state index contributed by atoms with van der Waals surface area (Å²) in [6, 6.07) is 7.06. The predicted molar refractivity (Wildman–Crippen MR) is 75.8 cm³/mol. The summed E-state index contributed by atoms with van der Waals surface area (Å²) in [6.45, 7) is 4.18. The fraction of sp³-hybridized carbons (Fsp3) is 0.357. The zero-order valence-corrected chi connectivity index (χ0v) is 12.2. The number of nitrogens with zero attached hydrogens (tertiary/aromatic N) is 3. The van der Waals surface area contributed by atoms with E-state index in [0.29, 0.717) is 17.4 Å². The van der Waals surface area contributed by atoms with E-state index in [9.17, 15) is 4.79 Å². The lowest BCUT2D eigenvalue weighted by Gasteiger charge is -2.23. The van der Waals surface area contributed by atoms with E-state index in [1.165, 1.54) is 4.68 Å². The molecule has 0 radical (unpaired) electrons. The average Bonchev–Trinajstić information content (AvgIpc) is 2.91. The van der Waals surface area contributed by atoms with E-state index in [4.69, 9.17) is 16.3 Å². The van der Waals surface area contributed by atoms with Gasteiger partial charge in [0.2, 0.25) is 0 Å². The van der Waals surface area contributed by atoms with E-state index in [0.717, 1.165) is 0 Å². The molecule has 0 amide bonds. The van der Waals surface area contributed by atoms with E-state index in [-0.39, 0.29) is 12.3 Å². The normalized spacial score (nSPS) is 11.3. The molecule has 2 aromatic rings. The molecule has 0 aliphatic carbocycles. The van der Waals surface area contributed by atoms with Crippen molar-refractivity contribution in [3.8, 4) is 5.75 Å². The van der Waals surface area contributed by atoms with Crippen molar-refractivity contribution in [3.05, 3.63) is 41.7 Å². The van der Waals surface area contributed by atoms with Gasteiger partial charge in [-0.2, -0.15) is 0 Å². The van der Waals surface area contributed by atoms with Crippen LogP contribution in [0.15, 0.2) is 36.7 Å². The lowest BCUT2D eigenvalue weighted by atomic mass is 9.89. The lowest BCUT2D eigenvalue weighted by molar-refractivity contribution is -0.129. The molecule has 0 aliphatic heterocycles. The van der Waals surface area contributed by atoms with Gasteiger partial charge in [0.15, 0.2) is 5.78 Å². The topological polar surface area (TPSA) is 57.0 Å². The minimum atomic E-state index is -0.606. The lowest BCUT2D eigenvalue weighted by Crippen LogP contribution is -2.34. The van der Waals surface area contributed by atoms with E-state index in [2.05, 4.69) is 10.3 Å². The maximum absolute atomic E-state index is 12.2. The summed E-state index contributed by atoms with van der Waals surface area (Å²) in [5, 5.41) is 8.12. The SMILES string of the molecule is CC(C)(COc1ccc(Cl)cc1)C(=O)Cn1ccnn1. The molecule has 0 unspecified atom stereocenters. The van der Waals surface area contributed by atoms with Crippen LogP contribution in [0.3, 0.4) is 0 Å². The molecule has 0 bridgehead atoms. The molecule has 6 heteroatoms. The summed E-state index contributed by atoms with van der Waals surface area (Å²) in [4.78, 5) is 12.2. The molecule has 0 fully saturated rings. The highest BCUT2D eigenvalue weighted by molar-refractivity contribution is 6.30. The third-order valence-corrected chi connectivity index (χ3v) is 3.20. The van der Waals surface area contributed by atoms with Crippen LogP contribution < -0.4 is 4.74 Å². The maximum Gasteiger partial charge on any atom is 0.163 e. The van der Waals surface area contributed by atoms with Crippen molar-refractivity contribution in [2.45, 2.75) is 20.4 Å². The van der Waals surface area contributed by atoms with Gasteiger partial charge < -0.3 is 4.74 Å². The van der Waals surface area contributed by atoms with E-state index < -0.39 is 5.41 Å². The molecule has 20 heavy (non-hydrogen) atoms. The van der Waals surface area contributed by atoms with Crippen molar-refractivity contribution in [3.63, 3.8) is 0 Å². The highest BCUT2D eigenvalue weighted by atomic mass is 35.5. The molecule has 0 atom stereocenters. The second-order valence-corrected chi connectivity index (χ2v) is 5.59. The fourth-order valence-electron chi connectivity index (χ4n) is 1.55. The molecule has 2 rings (SSSR count).